The molecular formula is C20H21N3O2. The smallest absolute Gasteiger partial charge is 0.269 e. The lowest BCUT2D eigenvalue weighted by molar-refractivity contribution is -0.133. The van der Waals surface area contributed by atoms with E-state index in [1.165, 1.54) is 15.7 Å². The molecule has 0 N–H and O–H groups in total. The highest BCUT2D eigenvalue weighted by Crippen LogP contribution is 2.33. The van der Waals surface area contributed by atoms with Gasteiger partial charge in [0.25, 0.3) is 5.56 Å². The molecule has 5 heteroatoms. The average molecular weight is 335 g/mol. The summed E-state index contributed by atoms with van der Waals surface area (Å²) < 4.78 is 1.32. The monoisotopic (exact) mass is 335 g/mol. The van der Waals surface area contributed by atoms with Crippen molar-refractivity contribution in [2.24, 2.45) is 0 Å². The summed E-state index contributed by atoms with van der Waals surface area (Å²) in [5, 5.41) is 9.12. The van der Waals surface area contributed by atoms with E-state index in [9.17, 15) is 9.59 Å². The summed E-state index contributed by atoms with van der Waals surface area (Å²) in [6, 6.07) is 11.9. The SMILES string of the molecule is Cc1ccn(CC(=O)N(C)[C@H]2CCCc3ccccc32)c(=O)c1C#N. The molecule has 1 amide bonds. The van der Waals surface area contributed by atoms with Crippen molar-refractivity contribution in [3.8, 4) is 6.07 Å². The average Bonchev–Trinajstić information content (AvgIpc) is 2.63. The quantitative estimate of drug-likeness (QED) is 0.866. The van der Waals surface area contributed by atoms with Gasteiger partial charge in [0.2, 0.25) is 5.91 Å². The van der Waals surface area contributed by atoms with Crippen LogP contribution >= 0.6 is 0 Å². The van der Waals surface area contributed by atoms with Crippen LogP contribution in [0.1, 0.15) is 41.1 Å². The molecule has 3 rings (SSSR count). The van der Waals surface area contributed by atoms with Crippen LogP contribution in [0, 0.1) is 18.3 Å². The zero-order chi connectivity index (χ0) is 18.0. The van der Waals surface area contributed by atoms with E-state index in [0.717, 1.165) is 19.3 Å². The fourth-order valence-electron chi connectivity index (χ4n) is 3.49. The van der Waals surface area contributed by atoms with Gasteiger partial charge in [0, 0.05) is 13.2 Å². The minimum Gasteiger partial charge on any atom is -0.337 e. The Morgan fingerprint density at radius 3 is 2.88 bits per heavy atom. The second-order valence-corrected chi connectivity index (χ2v) is 6.53. The summed E-state index contributed by atoms with van der Waals surface area (Å²) in [5.74, 6) is -0.128. The third kappa shape index (κ3) is 3.20. The fourth-order valence-corrected chi connectivity index (χ4v) is 3.49. The second kappa shape index (κ2) is 6.94. The Labute approximate surface area is 147 Å². The number of carbonyl (C=O) groups excluding carboxylic acids is 1. The minimum atomic E-state index is -0.409. The highest BCUT2D eigenvalue weighted by molar-refractivity contribution is 5.76. The molecule has 0 bridgehead atoms. The van der Waals surface area contributed by atoms with Crippen molar-refractivity contribution in [1.82, 2.24) is 9.47 Å². The summed E-state index contributed by atoms with van der Waals surface area (Å²) in [4.78, 5) is 26.8. The van der Waals surface area contributed by atoms with Gasteiger partial charge in [-0.05, 0) is 48.9 Å². The van der Waals surface area contributed by atoms with Crippen LogP contribution in [0.25, 0.3) is 0 Å². The van der Waals surface area contributed by atoms with E-state index in [0.29, 0.717) is 5.56 Å². The van der Waals surface area contributed by atoms with Crippen molar-refractivity contribution in [3.05, 3.63) is 69.1 Å². The number of rotatable bonds is 3. The van der Waals surface area contributed by atoms with Gasteiger partial charge >= 0.3 is 0 Å². The molecule has 0 fully saturated rings. The molecule has 0 saturated carbocycles. The van der Waals surface area contributed by atoms with E-state index < -0.39 is 5.56 Å². The molecule has 1 aromatic carbocycles. The number of hydrogen-bond acceptors (Lipinski definition) is 3. The lowest BCUT2D eigenvalue weighted by Crippen LogP contribution is -2.38. The van der Waals surface area contributed by atoms with Crippen LogP contribution in [0.5, 0.6) is 0 Å². The van der Waals surface area contributed by atoms with Crippen molar-refractivity contribution < 1.29 is 4.79 Å². The second-order valence-electron chi connectivity index (χ2n) is 6.53. The van der Waals surface area contributed by atoms with E-state index >= 15 is 0 Å². The van der Waals surface area contributed by atoms with Gasteiger partial charge in [-0.15, -0.1) is 0 Å². The summed E-state index contributed by atoms with van der Waals surface area (Å²) >= 11 is 0. The maximum atomic E-state index is 12.7. The molecule has 1 aliphatic rings. The van der Waals surface area contributed by atoms with Crippen LogP contribution in [0.2, 0.25) is 0 Å². The van der Waals surface area contributed by atoms with Gasteiger partial charge in [-0.1, -0.05) is 24.3 Å². The molecule has 0 radical (unpaired) electrons. The molecule has 5 nitrogen and oxygen atoms in total. The van der Waals surface area contributed by atoms with Gasteiger partial charge in [0.05, 0.1) is 6.04 Å². The predicted octanol–water partition coefficient (Wildman–Crippen LogP) is 2.56. The highest BCUT2D eigenvalue weighted by atomic mass is 16.2. The first-order valence-corrected chi connectivity index (χ1v) is 8.46. The normalized spacial score (nSPS) is 16.0. The lowest BCUT2D eigenvalue weighted by Gasteiger charge is -2.33. The van der Waals surface area contributed by atoms with Crippen molar-refractivity contribution in [3.63, 3.8) is 0 Å². The van der Waals surface area contributed by atoms with Crippen molar-refractivity contribution in [2.45, 2.75) is 38.8 Å². The topological polar surface area (TPSA) is 66.1 Å². The fraction of sp³-hybridized carbons (Fsp3) is 0.350. The Morgan fingerprint density at radius 2 is 2.12 bits per heavy atom. The molecule has 128 valence electrons. The number of fused-ring (bicyclic) bond motifs is 1. The Hall–Kier alpha value is -2.87. The molecule has 1 aromatic heterocycles. The number of carbonyl (C=O) groups is 1. The number of benzene rings is 1. The number of hydrogen-bond donors (Lipinski definition) is 0. The summed E-state index contributed by atoms with van der Waals surface area (Å²) in [7, 11) is 1.79. The van der Waals surface area contributed by atoms with E-state index in [-0.39, 0.29) is 24.1 Å². The van der Waals surface area contributed by atoms with E-state index in [4.69, 9.17) is 5.26 Å². The van der Waals surface area contributed by atoms with Crippen LogP contribution in [-0.2, 0) is 17.8 Å². The zero-order valence-electron chi connectivity index (χ0n) is 14.5. The van der Waals surface area contributed by atoms with Gasteiger partial charge in [0.15, 0.2) is 0 Å². The van der Waals surface area contributed by atoms with Gasteiger partial charge in [-0.2, -0.15) is 5.26 Å². The van der Waals surface area contributed by atoms with Crippen LogP contribution in [0.4, 0.5) is 0 Å². The molecule has 0 aliphatic heterocycles. The van der Waals surface area contributed by atoms with Gasteiger partial charge < -0.3 is 9.47 Å². The summed E-state index contributed by atoms with van der Waals surface area (Å²) in [6.45, 7) is 1.67. The van der Waals surface area contributed by atoms with Gasteiger partial charge in [-0.25, -0.2) is 0 Å². The van der Waals surface area contributed by atoms with Crippen LogP contribution in [-0.4, -0.2) is 22.4 Å². The molecule has 0 unspecified atom stereocenters. The van der Waals surface area contributed by atoms with Gasteiger partial charge in [-0.3, -0.25) is 9.59 Å². The molecule has 1 heterocycles. The molecule has 25 heavy (non-hydrogen) atoms. The van der Waals surface area contributed by atoms with E-state index in [1.54, 1.807) is 31.1 Å². The maximum absolute atomic E-state index is 12.7. The molecule has 0 saturated heterocycles. The van der Waals surface area contributed by atoms with Crippen molar-refractivity contribution >= 4 is 5.91 Å². The number of aromatic nitrogens is 1. The van der Waals surface area contributed by atoms with Crippen LogP contribution in [0.15, 0.2) is 41.3 Å². The maximum Gasteiger partial charge on any atom is 0.269 e. The van der Waals surface area contributed by atoms with E-state index in [1.807, 2.05) is 18.2 Å². The third-order valence-corrected chi connectivity index (χ3v) is 4.99. The zero-order valence-corrected chi connectivity index (χ0v) is 14.5. The molecule has 1 atom stereocenters. The minimum absolute atomic E-state index is 0.0361. The first-order valence-electron chi connectivity index (χ1n) is 8.46. The summed E-state index contributed by atoms with van der Waals surface area (Å²) in [5.41, 5.74) is 2.80. The number of amides is 1. The summed E-state index contributed by atoms with van der Waals surface area (Å²) in [6.07, 6.45) is 4.59. The first-order chi connectivity index (χ1) is 12.0. The Balaban J connectivity index is 1.84. The Morgan fingerprint density at radius 1 is 1.36 bits per heavy atom. The van der Waals surface area contributed by atoms with Gasteiger partial charge in [0.1, 0.15) is 18.2 Å². The molecular weight excluding hydrogens is 314 g/mol. The molecule has 1 aliphatic carbocycles. The Kier molecular flexibility index (Phi) is 4.71. The first kappa shape index (κ1) is 17.0. The lowest BCUT2D eigenvalue weighted by atomic mass is 9.87. The predicted molar refractivity (Wildman–Crippen MR) is 95.0 cm³/mol. The van der Waals surface area contributed by atoms with Crippen LogP contribution < -0.4 is 5.56 Å². The Bertz CT molecular complexity index is 908. The third-order valence-electron chi connectivity index (χ3n) is 4.99. The van der Waals surface area contributed by atoms with E-state index in [2.05, 4.69) is 12.1 Å². The molecule has 0 spiro atoms. The highest BCUT2D eigenvalue weighted by Gasteiger charge is 2.26. The number of pyridine rings is 1. The standard InChI is InChI=1S/C20H21N3O2/c1-14-10-11-23(20(25)17(14)12-21)13-19(24)22(2)18-9-5-7-15-6-3-4-8-16(15)18/h3-4,6,8,10-11,18H,5,7,9,13H2,1-2H3/t18-/m0/s1. The largest absolute Gasteiger partial charge is 0.337 e. The van der Waals surface area contributed by atoms with Crippen molar-refractivity contribution in [1.29, 1.82) is 5.26 Å². The molecule has 2 aromatic rings. The number of likely N-dealkylation sites (N-methyl/N-ethyl adjacent to an activating group) is 1. The number of nitriles is 1. The number of nitrogens with zero attached hydrogens (tertiary/aromatic N) is 3. The van der Waals surface area contributed by atoms with Crippen LogP contribution in [0.3, 0.4) is 0 Å². The van der Waals surface area contributed by atoms with Crippen molar-refractivity contribution in [2.75, 3.05) is 7.05 Å². The number of aryl methyl sites for hydroxylation is 2.